The topological polar surface area (TPSA) is 29.3 Å². The van der Waals surface area contributed by atoms with Crippen LogP contribution in [0.1, 0.15) is 25.7 Å². The first-order chi connectivity index (χ1) is 10.4. The highest BCUT2D eigenvalue weighted by molar-refractivity contribution is 7.13. The van der Waals surface area contributed by atoms with Crippen molar-refractivity contribution in [1.29, 1.82) is 0 Å². The maximum atomic E-state index is 4.81. The number of hydrogen-bond acceptors (Lipinski definition) is 3. The van der Waals surface area contributed by atoms with Gasteiger partial charge in [-0.25, -0.2) is 4.98 Å². The Bertz CT molecular complexity index is 724. The van der Waals surface area contributed by atoms with Crippen LogP contribution in [0.2, 0.25) is 0 Å². The third kappa shape index (κ3) is 2.44. The number of aromatic nitrogens is 2. The largest absolute Gasteiger partial charge is 0.369 e. The summed E-state index contributed by atoms with van der Waals surface area (Å²) < 4.78 is 2.17. The zero-order valence-corrected chi connectivity index (χ0v) is 12.8. The van der Waals surface area contributed by atoms with Gasteiger partial charge in [0.15, 0.2) is 0 Å². The van der Waals surface area contributed by atoms with Crippen LogP contribution >= 0.6 is 11.3 Å². The third-order valence-electron chi connectivity index (χ3n) is 4.32. The summed E-state index contributed by atoms with van der Waals surface area (Å²) in [6.45, 7) is 1.06. The summed E-state index contributed by atoms with van der Waals surface area (Å²) >= 11 is 1.75. The Balaban J connectivity index is 1.71. The lowest BCUT2D eigenvalue weighted by Gasteiger charge is -2.12. The van der Waals surface area contributed by atoms with Crippen molar-refractivity contribution in [2.45, 2.75) is 25.7 Å². The third-order valence-corrected chi connectivity index (χ3v) is 5.19. The van der Waals surface area contributed by atoms with E-state index >= 15 is 0 Å². The highest BCUT2D eigenvalue weighted by Gasteiger charge is 2.18. The highest BCUT2D eigenvalue weighted by Crippen LogP contribution is 2.33. The molecule has 0 amide bonds. The molecule has 0 unspecified atom stereocenters. The van der Waals surface area contributed by atoms with Crippen LogP contribution in [-0.4, -0.2) is 15.9 Å². The first kappa shape index (κ1) is 12.9. The van der Waals surface area contributed by atoms with Crippen molar-refractivity contribution in [2.75, 3.05) is 11.9 Å². The SMILES string of the molecule is c1csc(-c2nc3ccccn3c2NCC2CCCC2)c1. The van der Waals surface area contributed by atoms with Crippen molar-refractivity contribution in [3.05, 3.63) is 41.9 Å². The number of fused-ring (bicyclic) bond motifs is 1. The van der Waals surface area contributed by atoms with E-state index in [0.717, 1.165) is 29.6 Å². The van der Waals surface area contributed by atoms with Crippen LogP contribution in [0.4, 0.5) is 5.82 Å². The molecule has 0 atom stereocenters. The maximum Gasteiger partial charge on any atom is 0.139 e. The van der Waals surface area contributed by atoms with Crippen LogP contribution in [0.3, 0.4) is 0 Å². The van der Waals surface area contributed by atoms with Gasteiger partial charge < -0.3 is 5.32 Å². The van der Waals surface area contributed by atoms with Crippen molar-refractivity contribution in [2.24, 2.45) is 5.92 Å². The molecule has 3 nitrogen and oxygen atoms in total. The first-order valence-electron chi connectivity index (χ1n) is 7.66. The van der Waals surface area contributed by atoms with Gasteiger partial charge >= 0.3 is 0 Å². The molecule has 1 N–H and O–H groups in total. The smallest absolute Gasteiger partial charge is 0.139 e. The molecule has 4 rings (SSSR count). The molecule has 1 saturated carbocycles. The zero-order chi connectivity index (χ0) is 14.1. The summed E-state index contributed by atoms with van der Waals surface area (Å²) in [5.74, 6) is 1.95. The Kier molecular flexibility index (Phi) is 3.39. The van der Waals surface area contributed by atoms with E-state index in [1.54, 1.807) is 11.3 Å². The van der Waals surface area contributed by atoms with Gasteiger partial charge in [0.05, 0.1) is 4.88 Å². The van der Waals surface area contributed by atoms with Crippen molar-refractivity contribution in [3.8, 4) is 10.6 Å². The minimum absolute atomic E-state index is 0.815. The van der Waals surface area contributed by atoms with Crippen molar-refractivity contribution < 1.29 is 0 Å². The predicted octanol–water partition coefficient (Wildman–Crippen LogP) is 4.66. The van der Waals surface area contributed by atoms with Crippen molar-refractivity contribution >= 4 is 22.8 Å². The zero-order valence-electron chi connectivity index (χ0n) is 12.0. The van der Waals surface area contributed by atoms with Gasteiger partial charge in [0.1, 0.15) is 17.2 Å². The molecule has 0 bridgehead atoms. The number of nitrogens with one attached hydrogen (secondary N) is 1. The van der Waals surface area contributed by atoms with Crippen LogP contribution in [0.5, 0.6) is 0 Å². The molecule has 3 heterocycles. The fourth-order valence-corrected chi connectivity index (χ4v) is 3.92. The summed E-state index contributed by atoms with van der Waals surface area (Å²) in [4.78, 5) is 6.04. The molecule has 0 saturated heterocycles. The fourth-order valence-electron chi connectivity index (χ4n) is 3.21. The van der Waals surface area contributed by atoms with Crippen LogP contribution in [0, 0.1) is 5.92 Å². The van der Waals surface area contributed by atoms with E-state index in [1.165, 1.54) is 30.6 Å². The monoisotopic (exact) mass is 297 g/mol. The molecular formula is C17H19N3S. The first-order valence-corrected chi connectivity index (χ1v) is 8.54. The van der Waals surface area contributed by atoms with Gasteiger partial charge in [-0.1, -0.05) is 25.0 Å². The molecule has 1 fully saturated rings. The van der Waals surface area contributed by atoms with Gasteiger partial charge in [-0.05, 0) is 42.3 Å². The normalized spacial score (nSPS) is 15.8. The summed E-state index contributed by atoms with van der Waals surface area (Å²) in [5, 5.41) is 5.78. The second-order valence-electron chi connectivity index (χ2n) is 5.75. The average molecular weight is 297 g/mol. The highest BCUT2D eigenvalue weighted by atomic mass is 32.1. The lowest BCUT2D eigenvalue weighted by Crippen LogP contribution is -2.12. The van der Waals surface area contributed by atoms with Crippen LogP contribution < -0.4 is 5.32 Å². The fraction of sp³-hybridized carbons (Fsp3) is 0.353. The second kappa shape index (κ2) is 5.53. The maximum absolute atomic E-state index is 4.81. The molecule has 0 spiro atoms. The Morgan fingerprint density at radius 1 is 1.19 bits per heavy atom. The van der Waals surface area contributed by atoms with Crippen LogP contribution in [-0.2, 0) is 0 Å². The van der Waals surface area contributed by atoms with Crippen LogP contribution in [0.25, 0.3) is 16.2 Å². The Morgan fingerprint density at radius 3 is 2.90 bits per heavy atom. The van der Waals surface area contributed by atoms with E-state index in [1.807, 2.05) is 6.07 Å². The molecule has 1 aliphatic carbocycles. The number of thiophene rings is 1. The van der Waals surface area contributed by atoms with E-state index in [-0.39, 0.29) is 0 Å². The quantitative estimate of drug-likeness (QED) is 0.758. The molecule has 4 heteroatoms. The van der Waals surface area contributed by atoms with E-state index in [4.69, 9.17) is 4.98 Å². The van der Waals surface area contributed by atoms with Gasteiger partial charge in [0.25, 0.3) is 0 Å². The molecule has 108 valence electrons. The van der Waals surface area contributed by atoms with Gasteiger partial charge in [-0.2, -0.15) is 0 Å². The number of anilines is 1. The number of rotatable bonds is 4. The average Bonchev–Trinajstić information content (AvgIpc) is 3.25. The molecule has 0 radical (unpaired) electrons. The molecular weight excluding hydrogens is 278 g/mol. The van der Waals surface area contributed by atoms with Crippen LogP contribution in [0.15, 0.2) is 41.9 Å². The number of nitrogens with zero attached hydrogens (tertiary/aromatic N) is 2. The van der Waals surface area contributed by atoms with Gasteiger partial charge in [-0.3, -0.25) is 4.40 Å². The summed E-state index contributed by atoms with van der Waals surface area (Å²) in [7, 11) is 0. The minimum Gasteiger partial charge on any atom is -0.369 e. The van der Waals surface area contributed by atoms with E-state index in [9.17, 15) is 0 Å². The Labute approximate surface area is 128 Å². The van der Waals surface area contributed by atoms with Gasteiger partial charge in [0.2, 0.25) is 0 Å². The van der Waals surface area contributed by atoms with Crippen molar-refractivity contribution in [1.82, 2.24) is 9.38 Å². The molecule has 21 heavy (non-hydrogen) atoms. The molecule has 3 aromatic heterocycles. The molecule has 0 aliphatic heterocycles. The molecule has 0 aromatic carbocycles. The van der Waals surface area contributed by atoms with Gasteiger partial charge in [-0.15, -0.1) is 11.3 Å². The summed E-state index contributed by atoms with van der Waals surface area (Å²) in [6.07, 6.45) is 7.58. The number of hydrogen-bond donors (Lipinski definition) is 1. The van der Waals surface area contributed by atoms with E-state index in [2.05, 4.69) is 45.6 Å². The van der Waals surface area contributed by atoms with Crippen molar-refractivity contribution in [3.63, 3.8) is 0 Å². The Morgan fingerprint density at radius 2 is 2.10 bits per heavy atom. The minimum atomic E-state index is 0.815. The lowest BCUT2D eigenvalue weighted by molar-refractivity contribution is 0.579. The standard InChI is InChI=1S/C17H19N3S/c1-2-7-13(6-1)12-18-17-16(14-8-5-11-21-14)19-15-9-3-4-10-20(15)17/h3-5,8-11,13,18H,1-2,6-7,12H2. The van der Waals surface area contributed by atoms with Gasteiger partial charge in [0, 0.05) is 12.7 Å². The summed E-state index contributed by atoms with van der Waals surface area (Å²) in [6, 6.07) is 10.4. The molecule has 1 aliphatic rings. The number of imidazole rings is 1. The number of pyridine rings is 1. The predicted molar refractivity (Wildman–Crippen MR) is 89.0 cm³/mol. The lowest BCUT2D eigenvalue weighted by atomic mass is 10.1. The second-order valence-corrected chi connectivity index (χ2v) is 6.69. The summed E-state index contributed by atoms with van der Waals surface area (Å²) in [5.41, 5.74) is 2.09. The van der Waals surface area contributed by atoms with E-state index in [0.29, 0.717) is 0 Å². The van der Waals surface area contributed by atoms with E-state index < -0.39 is 0 Å². The molecule has 3 aromatic rings. The Hall–Kier alpha value is -1.81.